The van der Waals surface area contributed by atoms with Crippen molar-refractivity contribution in [3.05, 3.63) is 35.9 Å². The van der Waals surface area contributed by atoms with Gasteiger partial charge in [0.2, 0.25) is 0 Å². The Kier molecular flexibility index (Phi) is 5.77. The van der Waals surface area contributed by atoms with Crippen molar-refractivity contribution in [1.82, 2.24) is 10.2 Å². The van der Waals surface area contributed by atoms with E-state index in [1.807, 2.05) is 18.2 Å². The number of carbonyl (C=O) groups excluding carboxylic acids is 3. The monoisotopic (exact) mass is 386 g/mol. The van der Waals surface area contributed by atoms with Crippen LogP contribution in [0.5, 0.6) is 0 Å². The smallest absolute Gasteiger partial charge is 0.326 e. The molecule has 3 amide bonds. The Morgan fingerprint density at radius 3 is 2.57 bits per heavy atom. The molecule has 4 unspecified atom stereocenters. The summed E-state index contributed by atoms with van der Waals surface area (Å²) in [4.78, 5) is 38.9. The Morgan fingerprint density at radius 1 is 1.25 bits per heavy atom. The molecule has 4 atom stereocenters. The molecule has 1 N–H and O–H groups in total. The van der Waals surface area contributed by atoms with E-state index in [0.717, 1.165) is 24.2 Å². The highest BCUT2D eigenvalue weighted by molar-refractivity contribution is 6.08. The van der Waals surface area contributed by atoms with Crippen molar-refractivity contribution in [2.75, 3.05) is 6.54 Å². The molecule has 1 aromatic rings. The number of nitrogens with one attached hydrogen (secondary N) is 1. The number of benzene rings is 1. The van der Waals surface area contributed by atoms with Crippen LogP contribution in [0.25, 0.3) is 0 Å². The minimum Gasteiger partial charge on any atom is -0.461 e. The molecule has 0 radical (unpaired) electrons. The summed E-state index contributed by atoms with van der Waals surface area (Å²) in [6.45, 7) is 7.75. The van der Waals surface area contributed by atoms with E-state index < -0.39 is 23.4 Å². The zero-order valence-electron chi connectivity index (χ0n) is 17.1. The van der Waals surface area contributed by atoms with Crippen LogP contribution < -0.4 is 5.32 Å². The van der Waals surface area contributed by atoms with Crippen LogP contribution in [0, 0.1) is 17.8 Å². The van der Waals surface area contributed by atoms with Gasteiger partial charge >= 0.3 is 12.0 Å². The first kappa shape index (κ1) is 20.4. The topological polar surface area (TPSA) is 75.7 Å². The quantitative estimate of drug-likeness (QED) is 0.621. The van der Waals surface area contributed by atoms with Crippen molar-refractivity contribution in [1.29, 1.82) is 0 Å². The maximum atomic E-state index is 12.9. The number of nitrogens with zero attached hydrogens (tertiary/aromatic N) is 1. The molecule has 1 aliphatic carbocycles. The Morgan fingerprint density at radius 2 is 1.93 bits per heavy atom. The van der Waals surface area contributed by atoms with Crippen LogP contribution in [0.3, 0.4) is 0 Å². The normalized spacial score (nSPS) is 30.5. The number of hydrogen-bond acceptors (Lipinski definition) is 4. The van der Waals surface area contributed by atoms with Crippen LogP contribution >= 0.6 is 0 Å². The second kappa shape index (κ2) is 7.94. The van der Waals surface area contributed by atoms with Gasteiger partial charge in [0.25, 0.3) is 5.91 Å². The lowest BCUT2D eigenvalue weighted by atomic mass is 9.75. The van der Waals surface area contributed by atoms with E-state index >= 15 is 0 Å². The standard InChI is InChI=1S/C22H30N2O4/c1-14(2)17-11-10-15(3)12-18(17)28-19(25)13-24-20(26)22(4,23-21(24)27)16-8-6-5-7-9-16/h5-9,14-15,17-18H,10-13H2,1-4H3,(H,23,27). The number of hydrogen-bond donors (Lipinski definition) is 1. The zero-order valence-corrected chi connectivity index (χ0v) is 17.1. The fourth-order valence-corrected chi connectivity index (χ4v) is 4.39. The summed E-state index contributed by atoms with van der Waals surface area (Å²) < 4.78 is 5.76. The first-order valence-corrected chi connectivity index (χ1v) is 10.1. The summed E-state index contributed by atoms with van der Waals surface area (Å²) in [7, 11) is 0. The fourth-order valence-electron chi connectivity index (χ4n) is 4.39. The van der Waals surface area contributed by atoms with E-state index in [0.29, 0.717) is 23.3 Å². The molecule has 1 saturated carbocycles. The van der Waals surface area contributed by atoms with Crippen molar-refractivity contribution in [3.8, 4) is 0 Å². The summed E-state index contributed by atoms with van der Waals surface area (Å²) in [5.74, 6) is 0.288. The summed E-state index contributed by atoms with van der Waals surface area (Å²) >= 11 is 0. The largest absolute Gasteiger partial charge is 0.461 e. The first-order valence-electron chi connectivity index (χ1n) is 10.1. The number of rotatable bonds is 5. The molecular weight excluding hydrogens is 356 g/mol. The maximum Gasteiger partial charge on any atom is 0.326 e. The molecule has 1 heterocycles. The fraction of sp³-hybridized carbons (Fsp3) is 0.591. The van der Waals surface area contributed by atoms with E-state index in [1.165, 1.54) is 0 Å². The Balaban J connectivity index is 1.68. The predicted octanol–water partition coefficient (Wildman–Crippen LogP) is 3.46. The maximum absolute atomic E-state index is 12.9. The van der Waals surface area contributed by atoms with E-state index in [1.54, 1.807) is 19.1 Å². The number of ether oxygens (including phenoxy) is 1. The molecule has 0 spiro atoms. The molecule has 6 nitrogen and oxygen atoms in total. The van der Waals surface area contributed by atoms with Crippen LogP contribution in [0.1, 0.15) is 52.5 Å². The molecule has 1 aromatic carbocycles. The van der Waals surface area contributed by atoms with Crippen molar-refractivity contribution in [3.63, 3.8) is 0 Å². The third kappa shape index (κ3) is 3.91. The van der Waals surface area contributed by atoms with Gasteiger partial charge in [0.1, 0.15) is 18.2 Å². The van der Waals surface area contributed by atoms with E-state index in [2.05, 4.69) is 26.1 Å². The first-order chi connectivity index (χ1) is 13.2. The van der Waals surface area contributed by atoms with Gasteiger partial charge in [-0.15, -0.1) is 0 Å². The van der Waals surface area contributed by atoms with Gasteiger partial charge in [-0.1, -0.05) is 57.5 Å². The summed E-state index contributed by atoms with van der Waals surface area (Å²) in [6.07, 6.45) is 2.85. The molecule has 2 aliphatic rings. The lowest BCUT2D eigenvalue weighted by molar-refractivity contribution is -0.158. The third-order valence-corrected chi connectivity index (χ3v) is 6.16. The van der Waals surface area contributed by atoms with Gasteiger partial charge in [0.05, 0.1) is 0 Å². The van der Waals surface area contributed by atoms with Crippen LogP contribution in [0.2, 0.25) is 0 Å². The number of urea groups is 1. The van der Waals surface area contributed by atoms with Gasteiger partial charge in [-0.3, -0.25) is 14.5 Å². The molecule has 3 rings (SSSR count). The highest BCUT2D eigenvalue weighted by Gasteiger charge is 2.49. The molecule has 1 saturated heterocycles. The minimum atomic E-state index is -1.17. The molecule has 6 heteroatoms. The van der Waals surface area contributed by atoms with Crippen LogP contribution in [0.4, 0.5) is 4.79 Å². The van der Waals surface area contributed by atoms with Gasteiger partial charge in [-0.2, -0.15) is 0 Å². The molecule has 0 bridgehead atoms. The highest BCUT2D eigenvalue weighted by atomic mass is 16.5. The number of carbonyl (C=O) groups is 3. The van der Waals surface area contributed by atoms with Crippen LogP contribution in [-0.4, -0.2) is 35.5 Å². The second-order valence-corrected chi connectivity index (χ2v) is 8.67. The SMILES string of the molecule is CC1CCC(C(C)C)C(OC(=O)CN2C(=O)NC(C)(c3ccccc3)C2=O)C1. The number of imide groups is 1. The van der Waals surface area contributed by atoms with Gasteiger partial charge in [-0.05, 0) is 43.1 Å². The van der Waals surface area contributed by atoms with Crippen LogP contribution in [-0.2, 0) is 19.9 Å². The predicted molar refractivity (Wildman–Crippen MR) is 105 cm³/mol. The van der Waals surface area contributed by atoms with Crippen molar-refractivity contribution >= 4 is 17.9 Å². The molecule has 1 aliphatic heterocycles. The number of amides is 3. The Labute approximate surface area is 166 Å². The van der Waals surface area contributed by atoms with E-state index in [9.17, 15) is 14.4 Å². The van der Waals surface area contributed by atoms with Crippen molar-refractivity contribution in [2.45, 2.75) is 58.6 Å². The van der Waals surface area contributed by atoms with Crippen LogP contribution in [0.15, 0.2) is 30.3 Å². The summed E-state index contributed by atoms with van der Waals surface area (Å²) in [5.41, 5.74) is -0.483. The summed E-state index contributed by atoms with van der Waals surface area (Å²) in [6, 6.07) is 8.48. The second-order valence-electron chi connectivity index (χ2n) is 8.67. The highest BCUT2D eigenvalue weighted by Crippen LogP contribution is 2.35. The zero-order chi connectivity index (χ0) is 20.5. The molecule has 28 heavy (non-hydrogen) atoms. The lowest BCUT2D eigenvalue weighted by Crippen LogP contribution is -2.43. The Bertz CT molecular complexity index is 748. The van der Waals surface area contributed by atoms with Crippen molar-refractivity contribution in [2.24, 2.45) is 17.8 Å². The number of esters is 1. The average molecular weight is 386 g/mol. The molecule has 152 valence electrons. The van der Waals surface area contributed by atoms with Gasteiger partial charge < -0.3 is 10.1 Å². The van der Waals surface area contributed by atoms with E-state index in [4.69, 9.17) is 4.74 Å². The van der Waals surface area contributed by atoms with Gasteiger partial charge in [0, 0.05) is 0 Å². The Hall–Kier alpha value is -2.37. The van der Waals surface area contributed by atoms with Gasteiger partial charge in [0.15, 0.2) is 0 Å². The summed E-state index contributed by atoms with van der Waals surface area (Å²) in [5, 5.41) is 2.72. The third-order valence-electron chi connectivity index (χ3n) is 6.16. The molecular formula is C22H30N2O4. The van der Waals surface area contributed by atoms with Crippen molar-refractivity contribution < 1.29 is 19.1 Å². The molecule has 0 aromatic heterocycles. The molecule has 2 fully saturated rings. The van der Waals surface area contributed by atoms with E-state index in [-0.39, 0.29) is 12.6 Å². The van der Waals surface area contributed by atoms with Gasteiger partial charge in [-0.25, -0.2) is 4.79 Å². The minimum absolute atomic E-state index is 0.155. The lowest BCUT2D eigenvalue weighted by Gasteiger charge is -2.36. The average Bonchev–Trinajstić information content (AvgIpc) is 2.86.